The fourth-order valence-electron chi connectivity index (χ4n) is 3.78. The standard InChI is InChI=1S/C24H29N3O4/c1-2-31-21-10-6-3-7-17(21)11-12-22(28)26-20-9-5-4-8-19(20)24(30)27-15-13-18(14-16-27)23(25)29/h3-10,18H,2,11-16H2,1H3,(H2,25,29)(H,26,28). The Bertz CT molecular complexity index is 936. The van der Waals surface area contributed by atoms with E-state index in [0.29, 0.717) is 50.2 Å². The number of nitrogens with two attached hydrogens (primary N) is 1. The van der Waals surface area contributed by atoms with Gasteiger partial charge in [-0.25, -0.2) is 0 Å². The molecule has 0 spiro atoms. The number of hydrogen-bond acceptors (Lipinski definition) is 4. The number of amides is 3. The summed E-state index contributed by atoms with van der Waals surface area (Å²) in [4.78, 5) is 38.7. The monoisotopic (exact) mass is 423 g/mol. The summed E-state index contributed by atoms with van der Waals surface area (Å²) in [5.41, 5.74) is 7.29. The predicted molar refractivity (Wildman–Crippen MR) is 119 cm³/mol. The largest absolute Gasteiger partial charge is 0.494 e. The molecule has 7 nitrogen and oxygen atoms in total. The number of benzene rings is 2. The number of hydrogen-bond donors (Lipinski definition) is 2. The van der Waals surface area contributed by atoms with Crippen LogP contribution in [0.2, 0.25) is 0 Å². The smallest absolute Gasteiger partial charge is 0.255 e. The number of rotatable bonds is 8. The zero-order chi connectivity index (χ0) is 22.2. The van der Waals surface area contributed by atoms with Gasteiger partial charge < -0.3 is 20.7 Å². The van der Waals surface area contributed by atoms with Crippen LogP contribution in [0.3, 0.4) is 0 Å². The molecule has 1 saturated heterocycles. The Kier molecular flexibility index (Phi) is 7.65. The summed E-state index contributed by atoms with van der Waals surface area (Å²) in [6, 6.07) is 14.7. The van der Waals surface area contributed by atoms with Gasteiger partial charge in [-0.05, 0) is 49.9 Å². The molecule has 1 fully saturated rings. The van der Waals surface area contributed by atoms with Crippen LogP contribution in [-0.4, -0.2) is 42.3 Å². The van der Waals surface area contributed by atoms with Gasteiger partial charge in [0, 0.05) is 25.4 Å². The predicted octanol–water partition coefficient (Wildman–Crippen LogP) is 2.99. The highest BCUT2D eigenvalue weighted by Gasteiger charge is 2.27. The number of piperidine rings is 1. The minimum Gasteiger partial charge on any atom is -0.494 e. The van der Waals surface area contributed by atoms with Crippen LogP contribution >= 0.6 is 0 Å². The summed E-state index contributed by atoms with van der Waals surface area (Å²) in [5, 5.41) is 2.88. The first kappa shape index (κ1) is 22.3. The van der Waals surface area contributed by atoms with Crippen molar-refractivity contribution < 1.29 is 19.1 Å². The Morgan fingerprint density at radius 2 is 1.74 bits per heavy atom. The zero-order valence-corrected chi connectivity index (χ0v) is 17.8. The molecule has 7 heteroatoms. The van der Waals surface area contributed by atoms with E-state index in [0.717, 1.165) is 11.3 Å². The SMILES string of the molecule is CCOc1ccccc1CCC(=O)Nc1ccccc1C(=O)N1CCC(C(N)=O)CC1. The van der Waals surface area contributed by atoms with E-state index in [2.05, 4.69) is 5.32 Å². The normalized spacial score (nSPS) is 14.2. The number of primary amides is 1. The minimum absolute atomic E-state index is 0.152. The summed E-state index contributed by atoms with van der Waals surface area (Å²) in [6.07, 6.45) is 1.94. The van der Waals surface area contributed by atoms with Crippen LogP contribution in [0.5, 0.6) is 5.75 Å². The van der Waals surface area contributed by atoms with Crippen molar-refractivity contribution in [3.8, 4) is 5.75 Å². The van der Waals surface area contributed by atoms with E-state index < -0.39 is 0 Å². The van der Waals surface area contributed by atoms with E-state index in [1.54, 1.807) is 29.2 Å². The third kappa shape index (κ3) is 5.84. The van der Waals surface area contributed by atoms with Crippen molar-refractivity contribution in [2.75, 3.05) is 25.0 Å². The molecule has 0 radical (unpaired) electrons. The van der Waals surface area contributed by atoms with E-state index >= 15 is 0 Å². The van der Waals surface area contributed by atoms with Crippen molar-refractivity contribution >= 4 is 23.4 Å². The molecule has 3 rings (SSSR count). The van der Waals surface area contributed by atoms with Crippen LogP contribution in [-0.2, 0) is 16.0 Å². The molecule has 3 N–H and O–H groups in total. The molecule has 2 aromatic rings. The summed E-state index contributed by atoms with van der Waals surface area (Å²) < 4.78 is 5.62. The molecule has 0 aliphatic carbocycles. The van der Waals surface area contributed by atoms with Crippen LogP contribution in [0.4, 0.5) is 5.69 Å². The molecule has 0 unspecified atom stereocenters. The summed E-state index contributed by atoms with van der Waals surface area (Å²) in [6.45, 7) is 3.44. The lowest BCUT2D eigenvalue weighted by atomic mass is 9.95. The number of carbonyl (C=O) groups is 3. The van der Waals surface area contributed by atoms with Gasteiger partial charge in [-0.3, -0.25) is 14.4 Å². The number of nitrogens with zero attached hydrogens (tertiary/aromatic N) is 1. The number of ether oxygens (including phenoxy) is 1. The van der Waals surface area contributed by atoms with Crippen molar-refractivity contribution in [2.45, 2.75) is 32.6 Å². The Balaban J connectivity index is 1.62. The van der Waals surface area contributed by atoms with Crippen LogP contribution in [0.1, 0.15) is 42.1 Å². The Hall–Kier alpha value is -3.35. The molecule has 0 saturated carbocycles. The maximum Gasteiger partial charge on any atom is 0.255 e. The first-order valence-corrected chi connectivity index (χ1v) is 10.7. The van der Waals surface area contributed by atoms with Crippen molar-refractivity contribution in [3.05, 3.63) is 59.7 Å². The first-order chi connectivity index (χ1) is 15.0. The van der Waals surface area contributed by atoms with Crippen molar-refractivity contribution in [1.82, 2.24) is 4.90 Å². The Morgan fingerprint density at radius 3 is 2.45 bits per heavy atom. The number of likely N-dealkylation sites (tertiary alicyclic amines) is 1. The van der Waals surface area contributed by atoms with E-state index in [1.807, 2.05) is 31.2 Å². The number of carbonyl (C=O) groups excluding carboxylic acids is 3. The molecule has 31 heavy (non-hydrogen) atoms. The van der Waals surface area contributed by atoms with E-state index in [-0.39, 0.29) is 30.1 Å². The number of anilines is 1. The van der Waals surface area contributed by atoms with Gasteiger partial charge >= 0.3 is 0 Å². The van der Waals surface area contributed by atoms with E-state index in [9.17, 15) is 14.4 Å². The van der Waals surface area contributed by atoms with Gasteiger partial charge in [-0.1, -0.05) is 30.3 Å². The summed E-state index contributed by atoms with van der Waals surface area (Å²) >= 11 is 0. The van der Waals surface area contributed by atoms with Gasteiger partial charge in [-0.2, -0.15) is 0 Å². The molecule has 1 aliphatic rings. The second-order valence-electron chi connectivity index (χ2n) is 7.60. The van der Waals surface area contributed by atoms with Crippen LogP contribution < -0.4 is 15.8 Å². The van der Waals surface area contributed by atoms with Gasteiger partial charge in [-0.15, -0.1) is 0 Å². The molecular formula is C24H29N3O4. The van der Waals surface area contributed by atoms with Gasteiger partial charge in [0.25, 0.3) is 5.91 Å². The highest BCUT2D eigenvalue weighted by atomic mass is 16.5. The van der Waals surface area contributed by atoms with Crippen LogP contribution in [0.25, 0.3) is 0 Å². The maximum absolute atomic E-state index is 13.0. The molecule has 1 heterocycles. The Labute approximate surface area is 182 Å². The lowest BCUT2D eigenvalue weighted by Crippen LogP contribution is -2.42. The third-order valence-corrected chi connectivity index (χ3v) is 5.51. The molecule has 0 bridgehead atoms. The second kappa shape index (κ2) is 10.6. The van der Waals surface area contributed by atoms with Gasteiger partial charge in [0.2, 0.25) is 11.8 Å². The van der Waals surface area contributed by atoms with Crippen LogP contribution in [0.15, 0.2) is 48.5 Å². The third-order valence-electron chi connectivity index (χ3n) is 5.51. The molecular weight excluding hydrogens is 394 g/mol. The lowest BCUT2D eigenvalue weighted by molar-refractivity contribution is -0.123. The highest BCUT2D eigenvalue weighted by Crippen LogP contribution is 2.23. The van der Waals surface area contributed by atoms with E-state index in [1.165, 1.54) is 0 Å². The average molecular weight is 424 g/mol. The molecule has 2 aromatic carbocycles. The zero-order valence-electron chi connectivity index (χ0n) is 17.8. The fourth-order valence-corrected chi connectivity index (χ4v) is 3.78. The van der Waals surface area contributed by atoms with Crippen molar-refractivity contribution in [1.29, 1.82) is 0 Å². The number of nitrogens with one attached hydrogen (secondary N) is 1. The molecule has 0 aromatic heterocycles. The first-order valence-electron chi connectivity index (χ1n) is 10.7. The quantitative estimate of drug-likeness (QED) is 0.681. The Morgan fingerprint density at radius 1 is 1.06 bits per heavy atom. The highest BCUT2D eigenvalue weighted by molar-refractivity contribution is 6.03. The molecule has 0 atom stereocenters. The summed E-state index contributed by atoms with van der Waals surface area (Å²) in [5.74, 6) is -0.0310. The van der Waals surface area contributed by atoms with Crippen molar-refractivity contribution in [3.63, 3.8) is 0 Å². The van der Waals surface area contributed by atoms with E-state index in [4.69, 9.17) is 10.5 Å². The average Bonchev–Trinajstić information content (AvgIpc) is 2.78. The van der Waals surface area contributed by atoms with Crippen molar-refractivity contribution in [2.24, 2.45) is 11.7 Å². The summed E-state index contributed by atoms with van der Waals surface area (Å²) in [7, 11) is 0. The topological polar surface area (TPSA) is 102 Å². The second-order valence-corrected chi connectivity index (χ2v) is 7.60. The molecule has 3 amide bonds. The van der Waals surface area contributed by atoms with Gasteiger partial charge in [0.1, 0.15) is 5.75 Å². The molecule has 164 valence electrons. The van der Waals surface area contributed by atoms with Crippen LogP contribution in [0, 0.1) is 5.92 Å². The minimum atomic E-state index is -0.314. The fraction of sp³-hybridized carbons (Fsp3) is 0.375. The molecule has 1 aliphatic heterocycles. The van der Waals surface area contributed by atoms with Gasteiger partial charge in [0.15, 0.2) is 0 Å². The van der Waals surface area contributed by atoms with Gasteiger partial charge in [0.05, 0.1) is 17.9 Å². The number of aryl methyl sites for hydroxylation is 1. The number of para-hydroxylation sites is 2. The maximum atomic E-state index is 13.0. The lowest BCUT2D eigenvalue weighted by Gasteiger charge is -2.31.